The lowest BCUT2D eigenvalue weighted by Crippen LogP contribution is -2.41. The zero-order chi connectivity index (χ0) is 16.4. The highest BCUT2D eigenvalue weighted by molar-refractivity contribution is 7.89. The quantitative estimate of drug-likeness (QED) is 0.608. The summed E-state index contributed by atoms with van der Waals surface area (Å²) in [5.41, 5.74) is -0.170. The first kappa shape index (κ1) is 17.8. The molecular formula is C12H17ClN2O5S. The van der Waals surface area contributed by atoms with Crippen LogP contribution in [0.5, 0.6) is 0 Å². The summed E-state index contributed by atoms with van der Waals surface area (Å²) >= 11 is 5.86. The molecule has 7 nitrogen and oxygen atoms in total. The average molecular weight is 337 g/mol. The monoisotopic (exact) mass is 336 g/mol. The Morgan fingerprint density at radius 1 is 1.43 bits per heavy atom. The molecule has 9 heteroatoms. The maximum atomic E-state index is 12.2. The molecule has 0 fully saturated rings. The highest BCUT2D eigenvalue weighted by Gasteiger charge is 2.25. The van der Waals surface area contributed by atoms with Crippen LogP contribution in [0.3, 0.4) is 0 Å². The standard InChI is InChI=1S/C12H17ClN2O5S/c1-7(2)11(6-16)14-21(19,20)9-4-10(13)8(3)12(5-9)15(17)18/h4-5,7,11,14,16H,6H2,1-3H3/t11-/m1/s1. The Kier molecular flexibility index (Phi) is 5.68. The zero-order valence-electron chi connectivity index (χ0n) is 11.8. The molecule has 0 amide bonds. The number of nitro benzene ring substituents is 1. The van der Waals surface area contributed by atoms with E-state index >= 15 is 0 Å². The molecule has 0 spiro atoms. The van der Waals surface area contributed by atoms with Gasteiger partial charge in [0.25, 0.3) is 5.69 Å². The molecule has 1 aromatic carbocycles. The highest BCUT2D eigenvalue weighted by Crippen LogP contribution is 2.29. The van der Waals surface area contributed by atoms with E-state index in [-0.39, 0.29) is 33.7 Å². The molecule has 0 aliphatic rings. The lowest BCUT2D eigenvalue weighted by atomic mass is 10.1. The number of hydrogen-bond donors (Lipinski definition) is 2. The topological polar surface area (TPSA) is 110 Å². The van der Waals surface area contributed by atoms with Crippen LogP contribution in [-0.4, -0.2) is 31.1 Å². The summed E-state index contributed by atoms with van der Waals surface area (Å²) < 4.78 is 26.8. The van der Waals surface area contributed by atoms with Crippen LogP contribution in [0.25, 0.3) is 0 Å². The third-order valence-electron chi connectivity index (χ3n) is 3.11. The van der Waals surface area contributed by atoms with Crippen molar-refractivity contribution in [3.63, 3.8) is 0 Å². The predicted octanol–water partition coefficient (Wildman–Crippen LogP) is 1.85. The third kappa shape index (κ3) is 4.13. The number of sulfonamides is 1. The van der Waals surface area contributed by atoms with Crippen LogP contribution in [0.4, 0.5) is 5.69 Å². The van der Waals surface area contributed by atoms with Crippen molar-refractivity contribution in [2.75, 3.05) is 6.61 Å². The number of benzene rings is 1. The first-order valence-electron chi connectivity index (χ1n) is 6.18. The number of nitrogens with one attached hydrogen (secondary N) is 1. The van der Waals surface area contributed by atoms with Gasteiger partial charge in [0.15, 0.2) is 0 Å². The molecule has 1 aromatic rings. The fourth-order valence-electron chi connectivity index (χ4n) is 1.64. The van der Waals surface area contributed by atoms with E-state index in [2.05, 4.69) is 4.72 Å². The van der Waals surface area contributed by atoms with E-state index in [4.69, 9.17) is 11.6 Å². The smallest absolute Gasteiger partial charge is 0.275 e. The number of rotatable bonds is 6. The van der Waals surface area contributed by atoms with E-state index in [0.717, 1.165) is 12.1 Å². The van der Waals surface area contributed by atoms with Crippen LogP contribution in [0.2, 0.25) is 5.02 Å². The van der Waals surface area contributed by atoms with Crippen LogP contribution in [0.15, 0.2) is 17.0 Å². The van der Waals surface area contributed by atoms with E-state index in [1.54, 1.807) is 13.8 Å². The second-order valence-electron chi connectivity index (χ2n) is 4.96. The minimum absolute atomic E-state index is 0.00493. The normalized spacial score (nSPS) is 13.4. The molecular weight excluding hydrogens is 320 g/mol. The second kappa shape index (κ2) is 6.69. The van der Waals surface area contributed by atoms with E-state index in [1.165, 1.54) is 6.92 Å². The number of nitrogens with zero attached hydrogens (tertiary/aromatic N) is 1. The molecule has 0 saturated carbocycles. The van der Waals surface area contributed by atoms with Crippen LogP contribution >= 0.6 is 11.6 Å². The van der Waals surface area contributed by atoms with Gasteiger partial charge >= 0.3 is 0 Å². The van der Waals surface area contributed by atoms with Crippen molar-refractivity contribution in [1.82, 2.24) is 4.72 Å². The van der Waals surface area contributed by atoms with Crippen molar-refractivity contribution >= 4 is 27.3 Å². The molecule has 0 aromatic heterocycles. The summed E-state index contributed by atoms with van der Waals surface area (Å²) in [7, 11) is -4.01. The Bertz CT molecular complexity index is 645. The molecule has 0 saturated heterocycles. The van der Waals surface area contributed by atoms with E-state index in [1.807, 2.05) is 0 Å². The van der Waals surface area contributed by atoms with Crippen molar-refractivity contribution in [2.24, 2.45) is 5.92 Å². The number of nitro groups is 1. The largest absolute Gasteiger partial charge is 0.395 e. The Balaban J connectivity index is 3.29. The predicted molar refractivity (Wildman–Crippen MR) is 78.9 cm³/mol. The van der Waals surface area contributed by atoms with Crippen molar-refractivity contribution in [3.05, 3.63) is 32.8 Å². The van der Waals surface area contributed by atoms with E-state index in [0.29, 0.717) is 0 Å². The number of aliphatic hydroxyl groups is 1. The van der Waals surface area contributed by atoms with Crippen molar-refractivity contribution in [2.45, 2.75) is 31.7 Å². The SMILES string of the molecule is Cc1c(Cl)cc(S(=O)(=O)N[C@H](CO)C(C)C)cc1[N+](=O)[O-]. The van der Waals surface area contributed by atoms with Gasteiger partial charge in [-0.3, -0.25) is 10.1 Å². The van der Waals surface area contributed by atoms with Gasteiger partial charge in [-0.2, -0.15) is 0 Å². The first-order chi connectivity index (χ1) is 9.60. The van der Waals surface area contributed by atoms with Gasteiger partial charge in [-0.1, -0.05) is 25.4 Å². The summed E-state index contributed by atoms with van der Waals surface area (Å²) in [6.45, 7) is 4.55. The third-order valence-corrected chi connectivity index (χ3v) is 4.97. The Morgan fingerprint density at radius 3 is 2.43 bits per heavy atom. The van der Waals surface area contributed by atoms with Gasteiger partial charge in [-0.25, -0.2) is 13.1 Å². The fourth-order valence-corrected chi connectivity index (χ4v) is 3.34. The lowest BCUT2D eigenvalue weighted by Gasteiger charge is -2.20. The maximum Gasteiger partial charge on any atom is 0.275 e. The van der Waals surface area contributed by atoms with Crippen molar-refractivity contribution in [3.8, 4) is 0 Å². The molecule has 2 N–H and O–H groups in total. The Hall–Kier alpha value is -1.22. The molecule has 0 bridgehead atoms. The maximum absolute atomic E-state index is 12.2. The molecule has 1 atom stereocenters. The average Bonchev–Trinajstić information content (AvgIpc) is 2.38. The molecule has 1 rings (SSSR count). The van der Waals surface area contributed by atoms with Crippen LogP contribution < -0.4 is 4.72 Å². The summed E-state index contributed by atoms with van der Waals surface area (Å²) in [5.74, 6) is -0.138. The van der Waals surface area contributed by atoms with Crippen LogP contribution in [0.1, 0.15) is 19.4 Å². The summed E-state index contributed by atoms with van der Waals surface area (Å²) in [6.07, 6.45) is 0. The van der Waals surface area contributed by atoms with Gasteiger partial charge in [0, 0.05) is 17.7 Å². The van der Waals surface area contributed by atoms with Crippen LogP contribution in [0, 0.1) is 23.0 Å². The van der Waals surface area contributed by atoms with Gasteiger partial charge in [0.05, 0.1) is 21.4 Å². The van der Waals surface area contributed by atoms with E-state index in [9.17, 15) is 23.6 Å². The van der Waals surface area contributed by atoms with Crippen molar-refractivity contribution < 1.29 is 18.4 Å². The lowest BCUT2D eigenvalue weighted by molar-refractivity contribution is -0.385. The van der Waals surface area contributed by atoms with E-state index < -0.39 is 21.0 Å². The molecule has 0 heterocycles. The molecule has 0 aliphatic heterocycles. The number of aliphatic hydroxyl groups excluding tert-OH is 1. The van der Waals surface area contributed by atoms with Crippen LogP contribution in [-0.2, 0) is 10.0 Å². The van der Waals surface area contributed by atoms with Gasteiger partial charge in [-0.05, 0) is 18.9 Å². The molecule has 118 valence electrons. The summed E-state index contributed by atoms with van der Waals surface area (Å²) in [4.78, 5) is 9.94. The second-order valence-corrected chi connectivity index (χ2v) is 7.08. The Morgan fingerprint density at radius 2 is 2.00 bits per heavy atom. The molecule has 0 unspecified atom stereocenters. The minimum atomic E-state index is -4.01. The Labute approximate surface area is 128 Å². The number of hydrogen-bond acceptors (Lipinski definition) is 5. The highest BCUT2D eigenvalue weighted by atomic mass is 35.5. The van der Waals surface area contributed by atoms with Gasteiger partial charge < -0.3 is 5.11 Å². The molecule has 0 aliphatic carbocycles. The minimum Gasteiger partial charge on any atom is -0.395 e. The van der Waals surface area contributed by atoms with Gasteiger partial charge in [-0.15, -0.1) is 0 Å². The molecule has 21 heavy (non-hydrogen) atoms. The fraction of sp³-hybridized carbons (Fsp3) is 0.500. The van der Waals surface area contributed by atoms with Gasteiger partial charge in [0.2, 0.25) is 10.0 Å². The van der Waals surface area contributed by atoms with Crippen molar-refractivity contribution in [1.29, 1.82) is 0 Å². The summed E-state index contributed by atoms with van der Waals surface area (Å²) in [5, 5.41) is 20.1. The first-order valence-corrected chi connectivity index (χ1v) is 8.04. The van der Waals surface area contributed by atoms with Gasteiger partial charge in [0.1, 0.15) is 0 Å². The zero-order valence-corrected chi connectivity index (χ0v) is 13.4. The number of halogens is 1. The summed E-state index contributed by atoms with van der Waals surface area (Å²) in [6, 6.07) is 1.42. The molecule has 0 radical (unpaired) electrons.